The highest BCUT2D eigenvalue weighted by Crippen LogP contribution is 2.19. The summed E-state index contributed by atoms with van der Waals surface area (Å²) in [5, 5.41) is 10.1. The van der Waals surface area contributed by atoms with Gasteiger partial charge in [0.05, 0.1) is 6.04 Å². The van der Waals surface area contributed by atoms with Gasteiger partial charge in [-0.1, -0.05) is 30.3 Å². The van der Waals surface area contributed by atoms with E-state index in [1.807, 2.05) is 32.3 Å². The number of amides is 2. The third-order valence-electron chi connectivity index (χ3n) is 3.78. The normalized spacial score (nSPS) is 12.1. The first-order valence-electron chi connectivity index (χ1n) is 7.91. The van der Waals surface area contributed by atoms with Crippen LogP contribution in [0.15, 0.2) is 47.2 Å². The molecule has 0 aliphatic heterocycles. The minimum Gasteiger partial charge on any atom is -0.338 e. The summed E-state index contributed by atoms with van der Waals surface area (Å²) >= 11 is 1.68. The lowest BCUT2D eigenvalue weighted by molar-refractivity contribution is 0.233. The van der Waals surface area contributed by atoms with E-state index in [4.69, 9.17) is 0 Å². The van der Waals surface area contributed by atoms with Crippen molar-refractivity contribution in [2.45, 2.75) is 18.9 Å². The lowest BCUT2D eigenvalue weighted by atomic mass is 10.1. The number of nitrogens with one attached hydrogen (secondary N) is 2. The fourth-order valence-corrected chi connectivity index (χ4v) is 3.16. The van der Waals surface area contributed by atoms with Gasteiger partial charge in [-0.3, -0.25) is 0 Å². The molecule has 2 N–H and O–H groups in total. The Balaban J connectivity index is 1.66. The zero-order valence-electron chi connectivity index (χ0n) is 13.8. The first-order valence-corrected chi connectivity index (χ1v) is 8.85. The number of urea groups is 1. The summed E-state index contributed by atoms with van der Waals surface area (Å²) in [7, 11) is 4.06. The highest BCUT2D eigenvalue weighted by Gasteiger charge is 2.15. The first kappa shape index (κ1) is 17.5. The topological polar surface area (TPSA) is 44.4 Å². The minimum atomic E-state index is -0.0971. The van der Waals surface area contributed by atoms with E-state index < -0.39 is 0 Å². The lowest BCUT2D eigenvalue weighted by Gasteiger charge is -2.24. The highest BCUT2D eigenvalue weighted by atomic mass is 32.1. The molecule has 0 aliphatic rings. The third kappa shape index (κ3) is 6.04. The van der Waals surface area contributed by atoms with Crippen LogP contribution in [0.2, 0.25) is 0 Å². The Morgan fingerprint density at radius 1 is 1.17 bits per heavy atom. The van der Waals surface area contributed by atoms with E-state index in [9.17, 15) is 4.79 Å². The van der Waals surface area contributed by atoms with Gasteiger partial charge in [0.25, 0.3) is 0 Å². The second kappa shape index (κ2) is 9.33. The monoisotopic (exact) mass is 331 g/mol. The second-order valence-electron chi connectivity index (χ2n) is 5.76. The Kier molecular flexibility index (Phi) is 7.10. The van der Waals surface area contributed by atoms with Gasteiger partial charge in [0.15, 0.2) is 0 Å². The fourth-order valence-electron chi connectivity index (χ4n) is 2.45. The molecule has 0 fully saturated rings. The van der Waals surface area contributed by atoms with Gasteiger partial charge in [0.2, 0.25) is 0 Å². The molecule has 4 nitrogen and oxygen atoms in total. The summed E-state index contributed by atoms with van der Waals surface area (Å²) in [6.07, 6.45) is 1.93. The van der Waals surface area contributed by atoms with Crippen molar-refractivity contribution in [3.05, 3.63) is 58.3 Å². The maximum atomic E-state index is 11.9. The van der Waals surface area contributed by atoms with Gasteiger partial charge in [-0.15, -0.1) is 0 Å². The number of nitrogens with zero attached hydrogens (tertiary/aromatic N) is 1. The number of rotatable bonds is 8. The maximum absolute atomic E-state index is 11.9. The van der Waals surface area contributed by atoms with Crippen LogP contribution in [0.4, 0.5) is 4.79 Å². The standard InChI is InChI=1S/C18H25N3OS/c1-21(2)17(16-10-12-23-14-16)13-20-18(22)19-11-6-9-15-7-4-3-5-8-15/h3-5,7-8,10,12,14,17H,6,9,11,13H2,1-2H3,(H2,19,20,22). The van der Waals surface area contributed by atoms with Crippen molar-refractivity contribution < 1.29 is 4.79 Å². The van der Waals surface area contributed by atoms with Gasteiger partial charge >= 0.3 is 6.03 Å². The van der Waals surface area contributed by atoms with Gasteiger partial charge in [-0.2, -0.15) is 11.3 Å². The number of aryl methyl sites for hydroxylation is 1. The molecule has 23 heavy (non-hydrogen) atoms. The molecular formula is C18H25N3OS. The second-order valence-corrected chi connectivity index (χ2v) is 6.54. The molecular weight excluding hydrogens is 306 g/mol. The molecule has 1 aromatic carbocycles. The van der Waals surface area contributed by atoms with E-state index in [0.29, 0.717) is 13.1 Å². The van der Waals surface area contributed by atoms with E-state index in [1.165, 1.54) is 11.1 Å². The van der Waals surface area contributed by atoms with Crippen LogP contribution in [0.1, 0.15) is 23.6 Å². The molecule has 124 valence electrons. The molecule has 0 saturated carbocycles. The maximum Gasteiger partial charge on any atom is 0.314 e. The number of likely N-dealkylation sites (N-methyl/N-ethyl adjacent to an activating group) is 1. The van der Waals surface area contributed by atoms with Crippen molar-refractivity contribution in [1.82, 2.24) is 15.5 Å². The zero-order chi connectivity index (χ0) is 16.5. The summed E-state index contributed by atoms with van der Waals surface area (Å²) in [5.74, 6) is 0. The SMILES string of the molecule is CN(C)C(CNC(=O)NCCCc1ccccc1)c1ccsc1. The lowest BCUT2D eigenvalue weighted by Crippen LogP contribution is -2.40. The van der Waals surface area contributed by atoms with Crippen LogP contribution >= 0.6 is 11.3 Å². The molecule has 0 saturated heterocycles. The van der Waals surface area contributed by atoms with Crippen LogP contribution in [0.5, 0.6) is 0 Å². The summed E-state index contributed by atoms with van der Waals surface area (Å²) in [5.41, 5.74) is 2.55. The van der Waals surface area contributed by atoms with Crippen molar-refractivity contribution >= 4 is 17.4 Å². The number of thiophene rings is 1. The molecule has 0 bridgehead atoms. The molecule has 1 atom stereocenters. The van der Waals surface area contributed by atoms with Gasteiger partial charge < -0.3 is 15.5 Å². The molecule has 0 radical (unpaired) electrons. The Morgan fingerprint density at radius 2 is 1.96 bits per heavy atom. The molecule has 1 heterocycles. The van der Waals surface area contributed by atoms with Crippen molar-refractivity contribution in [2.75, 3.05) is 27.2 Å². The number of hydrogen-bond donors (Lipinski definition) is 2. The Morgan fingerprint density at radius 3 is 2.61 bits per heavy atom. The van der Waals surface area contributed by atoms with Gasteiger partial charge in [0.1, 0.15) is 0 Å². The molecule has 5 heteroatoms. The number of carbonyl (C=O) groups is 1. The zero-order valence-corrected chi connectivity index (χ0v) is 14.6. The van der Waals surface area contributed by atoms with Crippen molar-refractivity contribution in [3.63, 3.8) is 0 Å². The smallest absolute Gasteiger partial charge is 0.314 e. The van der Waals surface area contributed by atoms with E-state index in [1.54, 1.807) is 11.3 Å². The Labute approximate surface area is 142 Å². The summed E-state index contributed by atoms with van der Waals surface area (Å²) in [6, 6.07) is 12.5. The molecule has 0 aliphatic carbocycles. The average Bonchev–Trinajstić information content (AvgIpc) is 3.06. The van der Waals surface area contributed by atoms with Crippen LogP contribution in [-0.4, -0.2) is 38.1 Å². The molecule has 1 unspecified atom stereocenters. The van der Waals surface area contributed by atoms with E-state index >= 15 is 0 Å². The van der Waals surface area contributed by atoms with Crippen LogP contribution < -0.4 is 10.6 Å². The summed E-state index contributed by atoms with van der Waals surface area (Å²) in [6.45, 7) is 1.29. The number of carbonyl (C=O) groups excluding carboxylic acids is 1. The van der Waals surface area contributed by atoms with Gasteiger partial charge in [0, 0.05) is 13.1 Å². The third-order valence-corrected chi connectivity index (χ3v) is 4.48. The molecule has 1 aromatic heterocycles. The van der Waals surface area contributed by atoms with Crippen molar-refractivity contribution in [2.24, 2.45) is 0 Å². The van der Waals surface area contributed by atoms with Crippen LogP contribution in [-0.2, 0) is 6.42 Å². The summed E-state index contributed by atoms with van der Waals surface area (Å²) < 4.78 is 0. The average molecular weight is 331 g/mol. The van der Waals surface area contributed by atoms with E-state index in [0.717, 1.165) is 12.8 Å². The van der Waals surface area contributed by atoms with E-state index in [2.05, 4.69) is 44.5 Å². The fraction of sp³-hybridized carbons (Fsp3) is 0.389. The number of benzene rings is 1. The van der Waals surface area contributed by atoms with Crippen molar-refractivity contribution in [1.29, 1.82) is 0 Å². The predicted octanol–water partition coefficient (Wildman–Crippen LogP) is 3.28. The van der Waals surface area contributed by atoms with Crippen molar-refractivity contribution in [3.8, 4) is 0 Å². The Hall–Kier alpha value is -1.85. The summed E-state index contributed by atoms with van der Waals surface area (Å²) in [4.78, 5) is 14.0. The largest absolute Gasteiger partial charge is 0.338 e. The minimum absolute atomic E-state index is 0.0971. The molecule has 0 spiro atoms. The van der Waals surface area contributed by atoms with Crippen LogP contribution in [0.25, 0.3) is 0 Å². The molecule has 2 amide bonds. The highest BCUT2D eigenvalue weighted by molar-refractivity contribution is 7.07. The van der Waals surface area contributed by atoms with Crippen LogP contribution in [0.3, 0.4) is 0 Å². The Bertz CT molecular complexity index is 569. The quantitative estimate of drug-likeness (QED) is 0.729. The van der Waals surface area contributed by atoms with Crippen LogP contribution in [0, 0.1) is 0 Å². The first-order chi connectivity index (χ1) is 11.2. The predicted molar refractivity (Wildman–Crippen MR) is 96.9 cm³/mol. The molecule has 2 aromatic rings. The van der Waals surface area contributed by atoms with E-state index in [-0.39, 0.29) is 12.1 Å². The number of hydrogen-bond acceptors (Lipinski definition) is 3. The van der Waals surface area contributed by atoms with Gasteiger partial charge in [-0.05, 0) is 54.9 Å². The van der Waals surface area contributed by atoms with Gasteiger partial charge in [-0.25, -0.2) is 4.79 Å². The molecule has 2 rings (SSSR count).